The molecule has 4 nitrogen and oxygen atoms in total. The van der Waals surface area contributed by atoms with E-state index in [1.807, 2.05) is 20.8 Å². The lowest BCUT2D eigenvalue weighted by Gasteiger charge is -2.16. The second-order valence-corrected chi connectivity index (χ2v) is 6.23. The second kappa shape index (κ2) is 4.62. The van der Waals surface area contributed by atoms with Crippen LogP contribution in [0.1, 0.15) is 26.5 Å². The molecule has 0 bridgehead atoms. The Bertz CT molecular complexity index is 680. The normalized spacial score (nSPS) is 11.8. The van der Waals surface area contributed by atoms with Crippen molar-refractivity contribution in [2.24, 2.45) is 0 Å². The van der Waals surface area contributed by atoms with E-state index in [1.165, 1.54) is 4.68 Å². The van der Waals surface area contributed by atoms with E-state index < -0.39 is 0 Å². The average molecular weight is 300 g/mol. The molecule has 0 aliphatic heterocycles. The third-order valence-electron chi connectivity index (χ3n) is 2.83. The molecule has 1 heterocycles. The molecule has 0 atom stereocenters. The van der Waals surface area contributed by atoms with Crippen LogP contribution in [0.25, 0.3) is 5.69 Å². The molecule has 6 heteroatoms. The van der Waals surface area contributed by atoms with Crippen LogP contribution in [0.4, 0.5) is 5.69 Å². The molecule has 1 aromatic heterocycles. The van der Waals surface area contributed by atoms with Gasteiger partial charge in [-0.1, -0.05) is 44.0 Å². The summed E-state index contributed by atoms with van der Waals surface area (Å²) in [6.07, 6.45) is 0. The minimum atomic E-state index is -0.311. The summed E-state index contributed by atoms with van der Waals surface area (Å²) in [7, 11) is 0. The first-order chi connectivity index (χ1) is 8.71. The molecule has 0 fully saturated rings. The summed E-state index contributed by atoms with van der Waals surface area (Å²) in [5.41, 5.74) is 6.72. The van der Waals surface area contributed by atoms with E-state index in [9.17, 15) is 4.79 Å². The molecule has 102 valence electrons. The van der Waals surface area contributed by atoms with Gasteiger partial charge in [-0.15, -0.1) is 0 Å². The number of nitrogen functional groups attached to an aromatic ring is 1. The molecule has 0 saturated carbocycles. The van der Waals surface area contributed by atoms with Crippen LogP contribution in [0.5, 0.6) is 0 Å². The minimum Gasteiger partial charge on any atom is -0.393 e. The first kappa shape index (κ1) is 14.0. The van der Waals surface area contributed by atoms with E-state index in [4.69, 9.17) is 28.9 Å². The molecule has 2 aromatic rings. The highest BCUT2D eigenvalue weighted by Gasteiger charge is 2.23. The van der Waals surface area contributed by atoms with Crippen LogP contribution in [0.2, 0.25) is 10.0 Å². The SMILES string of the molecule is CC(C)(C)c1[nH]n(-c2ccc(Cl)cc2Cl)c(=O)c1N. The Labute approximate surface area is 121 Å². The van der Waals surface area contributed by atoms with Crippen LogP contribution in [-0.2, 0) is 5.41 Å². The van der Waals surface area contributed by atoms with Crippen LogP contribution in [0.3, 0.4) is 0 Å². The molecule has 0 spiro atoms. The summed E-state index contributed by atoms with van der Waals surface area (Å²) in [6, 6.07) is 4.93. The van der Waals surface area contributed by atoms with Gasteiger partial charge >= 0.3 is 0 Å². The first-order valence-electron chi connectivity index (χ1n) is 5.78. The molecule has 0 amide bonds. The van der Waals surface area contributed by atoms with Crippen LogP contribution >= 0.6 is 23.2 Å². The fourth-order valence-corrected chi connectivity index (χ4v) is 2.35. The zero-order chi connectivity index (χ0) is 14.4. The number of rotatable bonds is 1. The summed E-state index contributed by atoms with van der Waals surface area (Å²) in [5, 5.41) is 3.91. The highest BCUT2D eigenvalue weighted by Crippen LogP contribution is 2.27. The van der Waals surface area contributed by atoms with Gasteiger partial charge in [-0.25, -0.2) is 4.68 Å². The molecule has 0 aliphatic carbocycles. The lowest BCUT2D eigenvalue weighted by molar-refractivity contribution is 0.562. The number of benzene rings is 1. The Morgan fingerprint density at radius 3 is 2.37 bits per heavy atom. The Morgan fingerprint density at radius 1 is 1.26 bits per heavy atom. The third-order valence-corrected chi connectivity index (χ3v) is 3.36. The predicted molar refractivity (Wildman–Crippen MR) is 79.5 cm³/mol. The van der Waals surface area contributed by atoms with Crippen LogP contribution in [0.15, 0.2) is 23.0 Å². The van der Waals surface area contributed by atoms with Crippen LogP contribution in [0, 0.1) is 0 Å². The van der Waals surface area contributed by atoms with Crippen molar-refractivity contribution in [2.75, 3.05) is 5.73 Å². The molecule has 0 radical (unpaired) electrons. The zero-order valence-electron chi connectivity index (χ0n) is 10.9. The van der Waals surface area contributed by atoms with Gasteiger partial charge < -0.3 is 5.73 Å². The number of nitrogens with two attached hydrogens (primary N) is 1. The number of hydrogen-bond donors (Lipinski definition) is 2. The predicted octanol–water partition coefficient (Wildman–Crippen LogP) is 3.35. The number of halogens is 2. The van der Waals surface area contributed by atoms with Gasteiger partial charge in [-0.3, -0.25) is 9.89 Å². The van der Waals surface area contributed by atoms with Gasteiger partial charge in [0.05, 0.1) is 16.4 Å². The molecule has 1 aromatic carbocycles. The zero-order valence-corrected chi connectivity index (χ0v) is 12.4. The highest BCUT2D eigenvalue weighted by atomic mass is 35.5. The molecule has 0 saturated heterocycles. The molecule has 2 rings (SSSR count). The van der Waals surface area contributed by atoms with Crippen molar-refractivity contribution in [1.82, 2.24) is 9.78 Å². The van der Waals surface area contributed by atoms with Crippen molar-refractivity contribution in [3.05, 3.63) is 44.3 Å². The second-order valence-electron chi connectivity index (χ2n) is 5.39. The largest absolute Gasteiger partial charge is 0.393 e. The highest BCUT2D eigenvalue weighted by molar-refractivity contribution is 6.35. The first-order valence-corrected chi connectivity index (χ1v) is 6.54. The quantitative estimate of drug-likeness (QED) is 0.848. The van der Waals surface area contributed by atoms with Crippen molar-refractivity contribution in [3.8, 4) is 5.69 Å². The number of nitrogens with zero attached hydrogens (tertiary/aromatic N) is 1. The maximum Gasteiger partial charge on any atom is 0.294 e. The van der Waals surface area contributed by atoms with Gasteiger partial charge in [0.1, 0.15) is 5.69 Å². The third kappa shape index (κ3) is 2.51. The molecule has 3 N–H and O–H groups in total. The summed E-state index contributed by atoms with van der Waals surface area (Å²) < 4.78 is 1.34. The average Bonchev–Trinajstić information content (AvgIpc) is 2.56. The Kier molecular flexibility index (Phi) is 3.41. The smallest absolute Gasteiger partial charge is 0.294 e. The maximum atomic E-state index is 12.2. The van der Waals surface area contributed by atoms with E-state index in [1.54, 1.807) is 18.2 Å². The Morgan fingerprint density at radius 2 is 1.89 bits per heavy atom. The van der Waals surface area contributed by atoms with Crippen molar-refractivity contribution in [1.29, 1.82) is 0 Å². The van der Waals surface area contributed by atoms with E-state index in [0.717, 1.165) is 0 Å². The van der Waals surface area contributed by atoms with E-state index in [-0.39, 0.29) is 16.7 Å². The fraction of sp³-hybridized carbons (Fsp3) is 0.308. The maximum absolute atomic E-state index is 12.2. The number of H-pyrrole nitrogens is 1. The van der Waals surface area contributed by atoms with Crippen molar-refractivity contribution >= 4 is 28.9 Å². The van der Waals surface area contributed by atoms with Gasteiger partial charge in [-0.2, -0.15) is 0 Å². The van der Waals surface area contributed by atoms with E-state index >= 15 is 0 Å². The van der Waals surface area contributed by atoms with Crippen LogP contribution in [-0.4, -0.2) is 9.78 Å². The number of anilines is 1. The number of hydrogen-bond acceptors (Lipinski definition) is 2. The summed E-state index contributed by atoms with van der Waals surface area (Å²) >= 11 is 12.0. The molecule has 0 unspecified atom stereocenters. The fourth-order valence-electron chi connectivity index (χ4n) is 1.85. The van der Waals surface area contributed by atoms with Crippen molar-refractivity contribution in [2.45, 2.75) is 26.2 Å². The van der Waals surface area contributed by atoms with Crippen molar-refractivity contribution in [3.63, 3.8) is 0 Å². The molecule has 0 aliphatic rings. The van der Waals surface area contributed by atoms with E-state index in [2.05, 4.69) is 5.10 Å². The summed E-state index contributed by atoms with van der Waals surface area (Å²) in [5.74, 6) is 0. The molecular weight excluding hydrogens is 285 g/mol. The van der Waals surface area contributed by atoms with Gasteiger partial charge in [0, 0.05) is 10.4 Å². The summed E-state index contributed by atoms with van der Waals surface area (Å²) in [4.78, 5) is 12.2. The van der Waals surface area contributed by atoms with E-state index in [0.29, 0.717) is 21.4 Å². The monoisotopic (exact) mass is 299 g/mol. The Hall–Kier alpha value is -1.39. The van der Waals surface area contributed by atoms with Crippen LogP contribution < -0.4 is 11.3 Å². The molecular formula is C13H15Cl2N3O. The standard InChI is InChI=1S/C13H15Cl2N3O/c1-13(2,3)11-10(16)12(19)18(17-11)9-5-4-7(14)6-8(9)15/h4-6,17H,16H2,1-3H3. The topological polar surface area (TPSA) is 63.8 Å². The lowest BCUT2D eigenvalue weighted by atomic mass is 9.91. The minimum absolute atomic E-state index is 0.207. The van der Waals surface area contributed by atoms with Crippen molar-refractivity contribution < 1.29 is 0 Å². The van der Waals surface area contributed by atoms with Gasteiger partial charge in [-0.05, 0) is 18.2 Å². The number of aromatic amines is 1. The summed E-state index contributed by atoms with van der Waals surface area (Å²) in [6.45, 7) is 5.92. The number of nitrogens with one attached hydrogen (secondary N) is 1. The Balaban J connectivity index is 2.68. The van der Waals surface area contributed by atoms with Gasteiger partial charge in [0.25, 0.3) is 5.56 Å². The molecule has 19 heavy (non-hydrogen) atoms. The lowest BCUT2D eigenvalue weighted by Crippen LogP contribution is -2.17. The van der Waals surface area contributed by atoms with Gasteiger partial charge in [0.15, 0.2) is 0 Å². The van der Waals surface area contributed by atoms with Gasteiger partial charge in [0.2, 0.25) is 0 Å². The number of aromatic nitrogens is 2.